The first-order valence-electron chi connectivity index (χ1n) is 5.63. The molecule has 1 heterocycles. The van der Waals surface area contributed by atoms with Crippen molar-refractivity contribution < 1.29 is 4.79 Å². The average Bonchev–Trinajstić information content (AvgIpc) is 2.27. The first-order valence-corrected chi connectivity index (χ1v) is 5.63. The Labute approximate surface area is 95.5 Å². The highest BCUT2D eigenvalue weighted by Crippen LogP contribution is 2.26. The van der Waals surface area contributed by atoms with E-state index in [4.69, 9.17) is 0 Å². The highest BCUT2D eigenvalue weighted by atomic mass is 16.1. The zero-order chi connectivity index (χ0) is 11.5. The molecular weight excluding hydrogens is 202 g/mol. The van der Waals surface area contributed by atoms with Gasteiger partial charge < -0.3 is 10.6 Å². The molecule has 1 amide bonds. The molecule has 2 rings (SSSR count). The van der Waals surface area contributed by atoms with Crippen LogP contribution in [0.4, 0.5) is 5.82 Å². The van der Waals surface area contributed by atoms with Gasteiger partial charge in [0.1, 0.15) is 5.82 Å². The van der Waals surface area contributed by atoms with Gasteiger partial charge in [0.25, 0.3) is 5.91 Å². The molecular formula is C12H17N3O. The Kier molecular flexibility index (Phi) is 3.08. The molecule has 0 bridgehead atoms. The molecule has 0 atom stereocenters. The zero-order valence-corrected chi connectivity index (χ0v) is 9.66. The molecule has 1 aliphatic rings. The van der Waals surface area contributed by atoms with Crippen LogP contribution in [0.25, 0.3) is 0 Å². The molecule has 0 spiro atoms. The van der Waals surface area contributed by atoms with Gasteiger partial charge in [0, 0.05) is 24.8 Å². The van der Waals surface area contributed by atoms with Crippen molar-refractivity contribution in [3.05, 3.63) is 23.9 Å². The molecule has 2 N–H and O–H groups in total. The predicted molar refractivity (Wildman–Crippen MR) is 63.4 cm³/mol. The van der Waals surface area contributed by atoms with Gasteiger partial charge in [-0.25, -0.2) is 4.98 Å². The molecule has 0 unspecified atom stereocenters. The van der Waals surface area contributed by atoms with Crippen LogP contribution in [0.15, 0.2) is 18.3 Å². The van der Waals surface area contributed by atoms with E-state index in [9.17, 15) is 4.79 Å². The van der Waals surface area contributed by atoms with Crippen LogP contribution in [-0.4, -0.2) is 24.0 Å². The van der Waals surface area contributed by atoms with Crippen LogP contribution in [-0.2, 0) is 0 Å². The Morgan fingerprint density at radius 3 is 2.88 bits per heavy atom. The number of pyridine rings is 1. The number of rotatable bonds is 3. The summed E-state index contributed by atoms with van der Waals surface area (Å²) < 4.78 is 0. The summed E-state index contributed by atoms with van der Waals surface area (Å²) in [6.45, 7) is 2.20. The fourth-order valence-corrected chi connectivity index (χ4v) is 2.00. The van der Waals surface area contributed by atoms with Crippen molar-refractivity contribution >= 4 is 11.7 Å². The number of aromatic nitrogens is 1. The Balaban J connectivity index is 1.97. The van der Waals surface area contributed by atoms with E-state index in [1.807, 2.05) is 0 Å². The molecule has 16 heavy (non-hydrogen) atoms. The minimum absolute atomic E-state index is 0.00389. The molecule has 0 saturated heterocycles. The quantitative estimate of drug-likeness (QED) is 0.812. The van der Waals surface area contributed by atoms with Gasteiger partial charge in [-0.1, -0.05) is 6.92 Å². The number of nitrogens with zero attached hydrogens (tertiary/aromatic N) is 1. The normalized spacial score (nSPS) is 23.4. The maximum atomic E-state index is 11.9. The molecule has 1 fully saturated rings. The second-order valence-corrected chi connectivity index (χ2v) is 4.43. The van der Waals surface area contributed by atoms with Crippen molar-refractivity contribution in [2.75, 3.05) is 12.4 Å². The summed E-state index contributed by atoms with van der Waals surface area (Å²) in [5.74, 6) is 1.46. The Morgan fingerprint density at radius 2 is 2.25 bits per heavy atom. The highest BCUT2D eigenvalue weighted by molar-refractivity contribution is 5.95. The van der Waals surface area contributed by atoms with Crippen LogP contribution in [0.1, 0.15) is 30.1 Å². The number of hydrogen-bond acceptors (Lipinski definition) is 3. The Hall–Kier alpha value is -1.58. The second kappa shape index (κ2) is 4.51. The summed E-state index contributed by atoms with van der Waals surface area (Å²) in [5.41, 5.74) is 0.666. The summed E-state index contributed by atoms with van der Waals surface area (Å²) >= 11 is 0. The minimum Gasteiger partial charge on any atom is -0.373 e. The summed E-state index contributed by atoms with van der Waals surface area (Å²) in [6, 6.07) is 3.85. The summed E-state index contributed by atoms with van der Waals surface area (Å²) in [4.78, 5) is 15.9. The van der Waals surface area contributed by atoms with Crippen LogP contribution in [0.2, 0.25) is 0 Å². The molecule has 1 aromatic rings. The van der Waals surface area contributed by atoms with E-state index in [1.54, 1.807) is 25.4 Å². The van der Waals surface area contributed by atoms with Crippen LogP contribution in [0, 0.1) is 5.92 Å². The van der Waals surface area contributed by atoms with Crippen LogP contribution in [0.3, 0.4) is 0 Å². The summed E-state index contributed by atoms with van der Waals surface area (Å²) in [6.07, 6.45) is 3.83. The molecule has 86 valence electrons. The van der Waals surface area contributed by atoms with E-state index in [2.05, 4.69) is 22.5 Å². The topological polar surface area (TPSA) is 54.0 Å². The minimum atomic E-state index is -0.00389. The molecule has 1 saturated carbocycles. The van der Waals surface area contributed by atoms with E-state index in [0.29, 0.717) is 11.6 Å². The van der Waals surface area contributed by atoms with Crippen molar-refractivity contribution in [1.82, 2.24) is 10.3 Å². The van der Waals surface area contributed by atoms with E-state index in [1.165, 1.54) is 0 Å². The van der Waals surface area contributed by atoms with Gasteiger partial charge >= 0.3 is 0 Å². The number of anilines is 1. The third kappa shape index (κ3) is 2.32. The maximum Gasteiger partial charge on any atom is 0.251 e. The lowest BCUT2D eigenvalue weighted by atomic mass is 9.82. The maximum absolute atomic E-state index is 11.9. The third-order valence-corrected chi connectivity index (χ3v) is 2.99. The zero-order valence-electron chi connectivity index (χ0n) is 9.66. The third-order valence-electron chi connectivity index (χ3n) is 2.99. The number of hydrogen-bond donors (Lipinski definition) is 2. The number of amides is 1. The lowest BCUT2D eigenvalue weighted by Crippen LogP contribution is -2.43. The highest BCUT2D eigenvalue weighted by Gasteiger charge is 2.26. The van der Waals surface area contributed by atoms with Gasteiger partial charge in [0.05, 0.1) is 0 Å². The van der Waals surface area contributed by atoms with Crippen molar-refractivity contribution in [2.24, 2.45) is 5.92 Å². The van der Waals surface area contributed by atoms with Gasteiger partial charge in [-0.2, -0.15) is 0 Å². The molecule has 1 aliphatic carbocycles. The van der Waals surface area contributed by atoms with Crippen molar-refractivity contribution in [2.45, 2.75) is 25.8 Å². The lowest BCUT2D eigenvalue weighted by Gasteiger charge is -2.33. The SMILES string of the molecule is CNc1cc(C(=O)NC2CC(C)C2)ccn1. The van der Waals surface area contributed by atoms with E-state index in [0.717, 1.165) is 24.6 Å². The monoisotopic (exact) mass is 219 g/mol. The van der Waals surface area contributed by atoms with Crippen molar-refractivity contribution in [1.29, 1.82) is 0 Å². The predicted octanol–water partition coefficient (Wildman–Crippen LogP) is 1.65. The van der Waals surface area contributed by atoms with Gasteiger partial charge in [0.15, 0.2) is 0 Å². The molecule has 0 aliphatic heterocycles. The van der Waals surface area contributed by atoms with E-state index < -0.39 is 0 Å². The smallest absolute Gasteiger partial charge is 0.251 e. The second-order valence-electron chi connectivity index (χ2n) is 4.43. The van der Waals surface area contributed by atoms with Gasteiger partial charge in [0.2, 0.25) is 0 Å². The number of carbonyl (C=O) groups excluding carboxylic acids is 1. The molecule has 0 aromatic carbocycles. The van der Waals surface area contributed by atoms with Crippen molar-refractivity contribution in [3.63, 3.8) is 0 Å². The van der Waals surface area contributed by atoms with Crippen LogP contribution < -0.4 is 10.6 Å². The van der Waals surface area contributed by atoms with E-state index in [-0.39, 0.29) is 5.91 Å². The van der Waals surface area contributed by atoms with Gasteiger partial charge in [-0.15, -0.1) is 0 Å². The molecule has 1 aromatic heterocycles. The Bertz CT molecular complexity index is 386. The van der Waals surface area contributed by atoms with Gasteiger partial charge in [-0.3, -0.25) is 4.79 Å². The number of nitrogens with one attached hydrogen (secondary N) is 2. The number of carbonyl (C=O) groups is 1. The fraction of sp³-hybridized carbons (Fsp3) is 0.500. The summed E-state index contributed by atoms with van der Waals surface area (Å²) in [5, 5.41) is 5.94. The standard InChI is InChI=1S/C12H17N3O/c1-8-5-10(6-8)15-12(16)9-3-4-14-11(7-9)13-2/h3-4,7-8,10H,5-6H2,1-2H3,(H,13,14)(H,15,16). The molecule has 0 radical (unpaired) electrons. The van der Waals surface area contributed by atoms with Crippen LogP contribution >= 0.6 is 0 Å². The lowest BCUT2D eigenvalue weighted by molar-refractivity contribution is 0.0896. The molecule has 4 nitrogen and oxygen atoms in total. The van der Waals surface area contributed by atoms with Gasteiger partial charge in [-0.05, 0) is 30.9 Å². The summed E-state index contributed by atoms with van der Waals surface area (Å²) in [7, 11) is 1.79. The Morgan fingerprint density at radius 1 is 1.50 bits per heavy atom. The van der Waals surface area contributed by atoms with Crippen LogP contribution in [0.5, 0.6) is 0 Å². The van der Waals surface area contributed by atoms with Crippen molar-refractivity contribution in [3.8, 4) is 0 Å². The fourth-order valence-electron chi connectivity index (χ4n) is 2.00. The molecule has 4 heteroatoms. The average molecular weight is 219 g/mol. The largest absolute Gasteiger partial charge is 0.373 e. The first-order chi connectivity index (χ1) is 7.69. The van der Waals surface area contributed by atoms with E-state index >= 15 is 0 Å². The first kappa shape index (κ1) is 10.9.